The van der Waals surface area contributed by atoms with E-state index in [1.54, 1.807) is 12.3 Å². The van der Waals surface area contributed by atoms with Crippen LogP contribution in [0.25, 0.3) is 0 Å². The van der Waals surface area contributed by atoms with Crippen molar-refractivity contribution in [1.82, 2.24) is 4.98 Å². The second-order valence-corrected chi connectivity index (χ2v) is 4.09. The van der Waals surface area contributed by atoms with Crippen molar-refractivity contribution in [2.75, 3.05) is 5.73 Å². The first kappa shape index (κ1) is 9.52. The molecule has 1 aromatic heterocycles. The van der Waals surface area contributed by atoms with Crippen LogP contribution in [0.5, 0.6) is 0 Å². The Morgan fingerprint density at radius 1 is 1.67 bits per heavy atom. The van der Waals surface area contributed by atoms with Gasteiger partial charge in [0.2, 0.25) is 0 Å². The molecule has 1 rings (SSSR count). The summed E-state index contributed by atoms with van der Waals surface area (Å²) in [6, 6.07) is 3.72. The van der Waals surface area contributed by atoms with Gasteiger partial charge in [-0.25, -0.2) is 0 Å². The highest BCUT2D eigenvalue weighted by Crippen LogP contribution is 2.12. The summed E-state index contributed by atoms with van der Waals surface area (Å²) in [5, 5.41) is 0. The molecule has 2 nitrogen and oxygen atoms in total. The van der Waals surface area contributed by atoms with Crippen molar-refractivity contribution < 1.29 is 0 Å². The number of pyridine rings is 1. The van der Waals surface area contributed by atoms with Gasteiger partial charge in [0.05, 0.1) is 0 Å². The van der Waals surface area contributed by atoms with Crippen molar-refractivity contribution in [1.29, 1.82) is 0 Å². The summed E-state index contributed by atoms with van der Waals surface area (Å²) in [4.78, 5) is 4.72. The molecule has 0 aliphatic heterocycles. The Kier molecular flexibility index (Phi) is 3.53. The molecule has 0 unspecified atom stereocenters. The minimum Gasteiger partial charge on any atom is -0.399 e. The lowest BCUT2D eigenvalue weighted by Crippen LogP contribution is -2.02. The average molecular weight is 229 g/mol. The molecular weight excluding hydrogens is 216 g/mol. The van der Waals surface area contributed by atoms with E-state index >= 15 is 0 Å². The van der Waals surface area contributed by atoms with Crippen LogP contribution in [-0.4, -0.2) is 9.81 Å². The summed E-state index contributed by atoms with van der Waals surface area (Å²) < 4.78 is 0. The van der Waals surface area contributed by atoms with E-state index < -0.39 is 0 Å². The standard InChI is InChI=1S/C9H13BrN2/c1-2-7(10)5-9-6-8(11)3-4-12-9/h3-4,6-7H,2,5H2,1H3,(H2,11,12)/t7-/m1/s1. The molecule has 3 heteroatoms. The van der Waals surface area contributed by atoms with Gasteiger partial charge in [-0.3, -0.25) is 4.98 Å². The minimum absolute atomic E-state index is 0.506. The predicted octanol–water partition coefficient (Wildman–Crippen LogP) is 2.38. The normalized spacial score (nSPS) is 12.8. The SMILES string of the molecule is CC[C@@H](Br)Cc1cc(N)ccn1. The van der Waals surface area contributed by atoms with Crippen LogP contribution in [0.2, 0.25) is 0 Å². The van der Waals surface area contributed by atoms with Gasteiger partial charge in [-0.05, 0) is 18.6 Å². The molecule has 1 atom stereocenters. The monoisotopic (exact) mass is 228 g/mol. The maximum Gasteiger partial charge on any atom is 0.0435 e. The number of nitrogen functional groups attached to an aromatic ring is 1. The van der Waals surface area contributed by atoms with Crippen molar-refractivity contribution in [2.24, 2.45) is 0 Å². The van der Waals surface area contributed by atoms with Gasteiger partial charge in [-0.15, -0.1) is 0 Å². The van der Waals surface area contributed by atoms with Crippen LogP contribution in [0.3, 0.4) is 0 Å². The van der Waals surface area contributed by atoms with Gasteiger partial charge < -0.3 is 5.73 Å². The molecule has 0 fully saturated rings. The largest absolute Gasteiger partial charge is 0.399 e. The van der Waals surface area contributed by atoms with Gasteiger partial charge in [0.15, 0.2) is 0 Å². The molecule has 0 aliphatic rings. The smallest absolute Gasteiger partial charge is 0.0435 e. The van der Waals surface area contributed by atoms with E-state index in [9.17, 15) is 0 Å². The molecule has 66 valence electrons. The maximum atomic E-state index is 5.62. The zero-order valence-corrected chi connectivity index (χ0v) is 8.71. The Morgan fingerprint density at radius 3 is 3.00 bits per heavy atom. The minimum atomic E-state index is 0.506. The van der Waals surface area contributed by atoms with Gasteiger partial charge in [-0.2, -0.15) is 0 Å². The predicted molar refractivity (Wildman–Crippen MR) is 55.4 cm³/mol. The van der Waals surface area contributed by atoms with E-state index in [-0.39, 0.29) is 0 Å². The fourth-order valence-electron chi connectivity index (χ4n) is 0.980. The number of anilines is 1. The van der Waals surface area contributed by atoms with Gasteiger partial charge in [0, 0.05) is 28.8 Å². The number of rotatable bonds is 3. The highest BCUT2D eigenvalue weighted by molar-refractivity contribution is 9.09. The van der Waals surface area contributed by atoms with Gasteiger partial charge in [0.25, 0.3) is 0 Å². The molecule has 0 saturated carbocycles. The number of hydrogen-bond donors (Lipinski definition) is 1. The summed E-state index contributed by atoms with van der Waals surface area (Å²) >= 11 is 3.56. The van der Waals surface area contributed by atoms with E-state index in [0.717, 1.165) is 24.2 Å². The van der Waals surface area contributed by atoms with E-state index in [1.165, 1.54) is 0 Å². The van der Waals surface area contributed by atoms with Gasteiger partial charge >= 0.3 is 0 Å². The second kappa shape index (κ2) is 4.45. The van der Waals surface area contributed by atoms with Crippen molar-refractivity contribution in [3.63, 3.8) is 0 Å². The quantitative estimate of drug-likeness (QED) is 0.808. The Labute approximate surface area is 81.3 Å². The Hall–Kier alpha value is -0.570. The first-order valence-corrected chi connectivity index (χ1v) is 4.98. The maximum absolute atomic E-state index is 5.62. The lowest BCUT2D eigenvalue weighted by atomic mass is 10.2. The van der Waals surface area contributed by atoms with Crippen molar-refractivity contribution >= 4 is 21.6 Å². The van der Waals surface area contributed by atoms with Gasteiger partial charge in [0.1, 0.15) is 0 Å². The second-order valence-electron chi connectivity index (χ2n) is 2.79. The Bertz CT molecular complexity index is 250. The van der Waals surface area contributed by atoms with Crippen LogP contribution in [0.15, 0.2) is 18.3 Å². The summed E-state index contributed by atoms with van der Waals surface area (Å²) in [5.74, 6) is 0. The molecule has 0 spiro atoms. The third kappa shape index (κ3) is 2.81. The number of halogens is 1. The third-order valence-electron chi connectivity index (χ3n) is 1.71. The van der Waals surface area contributed by atoms with Crippen LogP contribution in [0, 0.1) is 0 Å². The van der Waals surface area contributed by atoms with Crippen molar-refractivity contribution in [3.05, 3.63) is 24.0 Å². The number of aromatic nitrogens is 1. The summed E-state index contributed by atoms with van der Waals surface area (Å²) in [7, 11) is 0. The molecule has 12 heavy (non-hydrogen) atoms. The zero-order chi connectivity index (χ0) is 8.97. The highest BCUT2D eigenvalue weighted by atomic mass is 79.9. The Balaban J connectivity index is 2.63. The number of nitrogens with two attached hydrogens (primary N) is 1. The van der Waals surface area contributed by atoms with Gasteiger partial charge in [-0.1, -0.05) is 22.9 Å². The van der Waals surface area contributed by atoms with Crippen molar-refractivity contribution in [3.8, 4) is 0 Å². The van der Waals surface area contributed by atoms with Crippen molar-refractivity contribution in [2.45, 2.75) is 24.6 Å². The topological polar surface area (TPSA) is 38.9 Å². The van der Waals surface area contributed by atoms with E-state index in [2.05, 4.69) is 27.8 Å². The first-order chi connectivity index (χ1) is 5.72. The molecule has 2 N–H and O–H groups in total. The molecule has 0 radical (unpaired) electrons. The number of nitrogens with zero attached hydrogens (tertiary/aromatic N) is 1. The molecule has 1 aromatic rings. The van der Waals surface area contributed by atoms with E-state index in [1.807, 2.05) is 6.07 Å². The fourth-order valence-corrected chi connectivity index (χ4v) is 1.31. The first-order valence-electron chi connectivity index (χ1n) is 4.07. The van der Waals surface area contributed by atoms with Crippen LogP contribution in [0.4, 0.5) is 5.69 Å². The fraction of sp³-hybridized carbons (Fsp3) is 0.444. The lowest BCUT2D eigenvalue weighted by molar-refractivity contribution is 0.809. The molecule has 0 amide bonds. The van der Waals surface area contributed by atoms with E-state index in [4.69, 9.17) is 5.73 Å². The number of hydrogen-bond acceptors (Lipinski definition) is 2. The van der Waals surface area contributed by atoms with Crippen LogP contribution >= 0.6 is 15.9 Å². The molecular formula is C9H13BrN2. The number of alkyl halides is 1. The van der Waals surface area contributed by atoms with Crippen LogP contribution < -0.4 is 5.73 Å². The summed E-state index contributed by atoms with van der Waals surface area (Å²) in [5.41, 5.74) is 7.46. The Morgan fingerprint density at radius 2 is 2.42 bits per heavy atom. The molecule has 0 bridgehead atoms. The van der Waals surface area contributed by atoms with Crippen LogP contribution in [-0.2, 0) is 6.42 Å². The van der Waals surface area contributed by atoms with E-state index in [0.29, 0.717) is 4.83 Å². The van der Waals surface area contributed by atoms with Crippen LogP contribution in [0.1, 0.15) is 19.0 Å². The molecule has 0 saturated heterocycles. The highest BCUT2D eigenvalue weighted by Gasteiger charge is 2.03. The summed E-state index contributed by atoms with van der Waals surface area (Å²) in [6.45, 7) is 2.14. The lowest BCUT2D eigenvalue weighted by Gasteiger charge is -2.05. The summed E-state index contributed by atoms with van der Waals surface area (Å²) in [6.07, 6.45) is 3.80. The molecule has 0 aromatic carbocycles. The zero-order valence-electron chi connectivity index (χ0n) is 7.13. The third-order valence-corrected chi connectivity index (χ3v) is 2.69. The molecule has 0 aliphatic carbocycles. The average Bonchev–Trinajstić information content (AvgIpc) is 2.04. The molecule has 1 heterocycles.